The molecule has 3 rings (SSSR count). The number of hydrogen-bond donors (Lipinski definition) is 2. The molecule has 2 N–H and O–H groups in total. The summed E-state index contributed by atoms with van der Waals surface area (Å²) >= 11 is 0. The average molecular weight is 507 g/mol. The van der Waals surface area contributed by atoms with Gasteiger partial charge in [-0.25, -0.2) is 4.39 Å². The fourth-order valence-electron chi connectivity index (χ4n) is 4.51. The number of aliphatic carboxylic acids is 1. The van der Waals surface area contributed by atoms with Crippen LogP contribution < -0.4 is 5.32 Å². The van der Waals surface area contributed by atoms with Crippen molar-refractivity contribution in [1.29, 1.82) is 0 Å². The molecule has 2 aromatic rings. The van der Waals surface area contributed by atoms with Crippen LogP contribution in [0.4, 0.5) is 30.7 Å². The van der Waals surface area contributed by atoms with Crippen molar-refractivity contribution in [2.24, 2.45) is 5.92 Å². The van der Waals surface area contributed by atoms with Crippen molar-refractivity contribution in [3.05, 3.63) is 70.5 Å². The molecule has 1 fully saturated rings. The number of benzene rings is 2. The zero-order valence-corrected chi connectivity index (χ0v) is 18.6. The van der Waals surface area contributed by atoms with Crippen LogP contribution >= 0.6 is 0 Å². The Kier molecular flexibility index (Phi) is 8.10. The first-order valence-electron chi connectivity index (χ1n) is 10.9. The van der Waals surface area contributed by atoms with Gasteiger partial charge in [-0.2, -0.15) is 26.3 Å². The van der Waals surface area contributed by atoms with E-state index in [0.717, 1.165) is 0 Å². The molecule has 0 saturated heterocycles. The quantitative estimate of drug-likeness (QED) is 0.419. The second kappa shape index (κ2) is 10.5. The molecule has 0 heterocycles. The highest BCUT2D eigenvalue weighted by atomic mass is 19.4. The van der Waals surface area contributed by atoms with E-state index in [1.165, 1.54) is 19.1 Å². The summed E-state index contributed by atoms with van der Waals surface area (Å²) in [4.78, 5) is 10.8. The number of hydrogen-bond acceptors (Lipinski definition) is 3. The normalized spacial score (nSPS) is 21.8. The number of nitrogens with one attached hydrogen (secondary N) is 1. The summed E-state index contributed by atoms with van der Waals surface area (Å²) < 4.78 is 99.0. The first kappa shape index (κ1) is 26.9. The number of carboxylic acid groups (broad SMARTS) is 1. The van der Waals surface area contributed by atoms with Gasteiger partial charge in [0.2, 0.25) is 0 Å². The molecule has 0 radical (unpaired) electrons. The minimum absolute atomic E-state index is 0.0667. The van der Waals surface area contributed by atoms with E-state index < -0.39 is 47.5 Å². The number of carbonyl (C=O) groups is 1. The van der Waals surface area contributed by atoms with Crippen molar-refractivity contribution in [1.82, 2.24) is 5.32 Å². The summed E-state index contributed by atoms with van der Waals surface area (Å²) in [5.74, 6) is -2.02. The highest BCUT2D eigenvalue weighted by Crippen LogP contribution is 2.44. The van der Waals surface area contributed by atoms with Gasteiger partial charge in [-0.3, -0.25) is 4.79 Å². The van der Waals surface area contributed by atoms with Crippen molar-refractivity contribution in [3.63, 3.8) is 0 Å². The minimum Gasteiger partial charge on any atom is -0.480 e. The SMILES string of the molecule is C[C@@H](O[C@H]1CC[C@@H](CNCC(=O)O)[C@@H]1c1ccc(F)cc1)c1cc(C(F)(F)F)cc(C(F)(F)F)c1. The molecule has 11 heteroatoms. The maximum Gasteiger partial charge on any atom is 0.416 e. The van der Waals surface area contributed by atoms with Crippen LogP contribution in [0.25, 0.3) is 0 Å². The lowest BCUT2D eigenvalue weighted by atomic mass is 9.87. The topological polar surface area (TPSA) is 58.6 Å². The summed E-state index contributed by atoms with van der Waals surface area (Å²) in [7, 11) is 0. The molecule has 4 nitrogen and oxygen atoms in total. The molecule has 1 aliphatic carbocycles. The van der Waals surface area contributed by atoms with Gasteiger partial charge in [-0.1, -0.05) is 12.1 Å². The molecule has 0 spiro atoms. The Bertz CT molecular complexity index is 989. The van der Waals surface area contributed by atoms with Gasteiger partial charge < -0.3 is 15.2 Å². The van der Waals surface area contributed by atoms with Crippen LogP contribution in [0.15, 0.2) is 42.5 Å². The van der Waals surface area contributed by atoms with E-state index in [2.05, 4.69) is 5.32 Å². The van der Waals surface area contributed by atoms with E-state index in [9.17, 15) is 35.5 Å². The first-order valence-corrected chi connectivity index (χ1v) is 10.9. The van der Waals surface area contributed by atoms with E-state index in [4.69, 9.17) is 9.84 Å². The Morgan fingerprint density at radius 2 is 1.60 bits per heavy atom. The average Bonchev–Trinajstić information content (AvgIpc) is 3.14. The summed E-state index contributed by atoms with van der Waals surface area (Å²) in [5, 5.41) is 11.7. The Morgan fingerprint density at radius 1 is 1.03 bits per heavy atom. The molecule has 0 aliphatic heterocycles. The number of carboxylic acids is 1. The molecule has 0 bridgehead atoms. The highest BCUT2D eigenvalue weighted by molar-refractivity contribution is 5.68. The van der Waals surface area contributed by atoms with Crippen molar-refractivity contribution in [2.75, 3.05) is 13.1 Å². The maximum atomic E-state index is 13.5. The highest BCUT2D eigenvalue weighted by Gasteiger charge is 2.40. The molecular formula is C24H24F7NO3. The van der Waals surface area contributed by atoms with E-state index in [-0.39, 0.29) is 30.0 Å². The van der Waals surface area contributed by atoms with Gasteiger partial charge in [0.05, 0.1) is 29.9 Å². The molecule has 2 aromatic carbocycles. The van der Waals surface area contributed by atoms with E-state index in [1.807, 2.05) is 0 Å². The van der Waals surface area contributed by atoms with Gasteiger partial charge in [0.1, 0.15) is 5.82 Å². The molecule has 0 aromatic heterocycles. The van der Waals surface area contributed by atoms with Crippen LogP contribution in [-0.2, 0) is 21.9 Å². The van der Waals surface area contributed by atoms with E-state index in [0.29, 0.717) is 37.1 Å². The lowest BCUT2D eigenvalue weighted by Gasteiger charge is -2.29. The zero-order chi connectivity index (χ0) is 26.0. The standard InChI is InChI=1S/C24H24F7NO3/c1-13(16-8-17(23(26,27)28)10-18(9-16)24(29,30)31)35-20-7-4-15(11-32-12-21(33)34)22(20)14-2-5-19(25)6-3-14/h2-3,5-6,8-10,13,15,20,22,32H,4,7,11-12H2,1H3,(H,33,34)/t13-,15+,20+,22+/m1/s1. The number of alkyl halides is 6. The Balaban J connectivity index is 1.88. The second-order valence-corrected chi connectivity index (χ2v) is 8.60. The predicted molar refractivity (Wildman–Crippen MR) is 112 cm³/mol. The summed E-state index contributed by atoms with van der Waals surface area (Å²) in [6, 6.07) is 6.94. The van der Waals surface area contributed by atoms with Crippen LogP contribution in [0.2, 0.25) is 0 Å². The van der Waals surface area contributed by atoms with Crippen molar-refractivity contribution < 1.29 is 45.4 Å². The third-order valence-electron chi connectivity index (χ3n) is 6.13. The molecular weight excluding hydrogens is 483 g/mol. The zero-order valence-electron chi connectivity index (χ0n) is 18.6. The van der Waals surface area contributed by atoms with E-state index in [1.54, 1.807) is 12.1 Å². The first-order chi connectivity index (χ1) is 16.3. The monoisotopic (exact) mass is 507 g/mol. The van der Waals surface area contributed by atoms with Crippen LogP contribution in [0.5, 0.6) is 0 Å². The van der Waals surface area contributed by atoms with Gasteiger partial charge in [0.25, 0.3) is 0 Å². The van der Waals surface area contributed by atoms with Gasteiger partial charge in [-0.15, -0.1) is 0 Å². The Morgan fingerprint density at radius 3 is 2.11 bits per heavy atom. The van der Waals surface area contributed by atoms with Gasteiger partial charge in [-0.05, 0) is 73.7 Å². The second-order valence-electron chi connectivity index (χ2n) is 8.60. The van der Waals surface area contributed by atoms with Gasteiger partial charge in [0, 0.05) is 5.92 Å². The third-order valence-corrected chi connectivity index (χ3v) is 6.13. The molecule has 1 aliphatic rings. The predicted octanol–water partition coefficient (Wildman–Crippen LogP) is 6.18. The Hall–Kier alpha value is -2.66. The molecule has 35 heavy (non-hydrogen) atoms. The summed E-state index contributed by atoms with van der Waals surface area (Å²) in [6.07, 6.45) is -10.6. The van der Waals surface area contributed by atoms with Gasteiger partial charge in [0.15, 0.2) is 0 Å². The third kappa shape index (κ3) is 6.94. The van der Waals surface area contributed by atoms with Crippen molar-refractivity contribution in [3.8, 4) is 0 Å². The summed E-state index contributed by atoms with van der Waals surface area (Å²) in [5.41, 5.74) is -2.43. The fourth-order valence-corrected chi connectivity index (χ4v) is 4.51. The fraction of sp³-hybridized carbons (Fsp3) is 0.458. The molecule has 192 valence electrons. The largest absolute Gasteiger partial charge is 0.480 e. The van der Waals surface area contributed by atoms with E-state index >= 15 is 0 Å². The van der Waals surface area contributed by atoms with Crippen molar-refractivity contribution >= 4 is 5.97 Å². The molecule has 4 atom stereocenters. The lowest BCUT2D eigenvalue weighted by molar-refractivity contribution is -0.143. The number of halogens is 7. The molecule has 0 unspecified atom stereocenters. The van der Waals surface area contributed by atoms with Crippen LogP contribution in [-0.4, -0.2) is 30.3 Å². The lowest BCUT2D eigenvalue weighted by Crippen LogP contribution is -2.31. The smallest absolute Gasteiger partial charge is 0.416 e. The Labute approximate surface area is 197 Å². The molecule has 1 saturated carbocycles. The minimum atomic E-state index is -4.97. The van der Waals surface area contributed by atoms with Crippen LogP contribution in [0.1, 0.15) is 54.0 Å². The number of ether oxygens (including phenoxy) is 1. The maximum absolute atomic E-state index is 13.5. The van der Waals surface area contributed by atoms with Crippen molar-refractivity contribution in [2.45, 2.75) is 50.2 Å². The molecule has 0 amide bonds. The van der Waals surface area contributed by atoms with Crippen LogP contribution in [0, 0.1) is 11.7 Å². The summed E-state index contributed by atoms with van der Waals surface area (Å²) in [6.45, 7) is 1.40. The van der Waals surface area contributed by atoms with Gasteiger partial charge >= 0.3 is 18.3 Å². The number of rotatable bonds is 8. The van der Waals surface area contributed by atoms with Crippen LogP contribution in [0.3, 0.4) is 0 Å².